The molecule has 1 aliphatic rings. The molecule has 0 heteroatoms. The van der Waals surface area contributed by atoms with Gasteiger partial charge in [0.2, 0.25) is 0 Å². The Morgan fingerprint density at radius 2 is 1.87 bits per heavy atom. The van der Waals surface area contributed by atoms with Gasteiger partial charge in [0.1, 0.15) is 0 Å². The maximum Gasteiger partial charge on any atom is -0.00754 e. The molecule has 1 unspecified atom stereocenters. The molecule has 2 rings (SSSR count). The van der Waals surface area contributed by atoms with Crippen LogP contribution in [0.3, 0.4) is 0 Å². The van der Waals surface area contributed by atoms with Crippen LogP contribution in [0, 0.1) is 12.8 Å². The molecule has 15 heavy (non-hydrogen) atoms. The highest BCUT2D eigenvalue weighted by atomic mass is 14.1. The summed E-state index contributed by atoms with van der Waals surface area (Å²) >= 11 is 0. The largest absolute Gasteiger partial charge is 0.0779 e. The summed E-state index contributed by atoms with van der Waals surface area (Å²) in [6, 6.07) is 8.50. The van der Waals surface area contributed by atoms with E-state index in [1.807, 2.05) is 0 Å². The number of aryl methyl sites for hydroxylation is 1. The summed E-state index contributed by atoms with van der Waals surface area (Å²) in [4.78, 5) is 0. The van der Waals surface area contributed by atoms with Crippen LogP contribution in [0.1, 0.15) is 18.1 Å². The molecular weight excluding hydrogens is 180 g/mol. The van der Waals surface area contributed by atoms with Crippen LogP contribution in [0.5, 0.6) is 0 Å². The van der Waals surface area contributed by atoms with Crippen LogP contribution in [-0.4, -0.2) is 0 Å². The number of hydrogen-bond donors (Lipinski definition) is 0. The van der Waals surface area contributed by atoms with Gasteiger partial charge in [-0.1, -0.05) is 61.6 Å². The molecule has 0 aromatic heterocycles. The first-order valence-electron chi connectivity index (χ1n) is 5.40. The Labute approximate surface area is 91.6 Å². The fourth-order valence-electron chi connectivity index (χ4n) is 1.79. The van der Waals surface area contributed by atoms with Gasteiger partial charge in [-0.3, -0.25) is 0 Å². The molecule has 0 radical (unpaired) electrons. The van der Waals surface area contributed by atoms with Gasteiger partial charge >= 0.3 is 0 Å². The van der Waals surface area contributed by atoms with Gasteiger partial charge in [-0.05, 0) is 29.5 Å². The molecule has 0 saturated heterocycles. The molecule has 0 spiro atoms. The van der Waals surface area contributed by atoms with Gasteiger partial charge in [0.25, 0.3) is 0 Å². The summed E-state index contributed by atoms with van der Waals surface area (Å²) in [7, 11) is 0. The molecule has 1 aromatic carbocycles. The normalized spacial score (nSPS) is 19.9. The second kappa shape index (κ2) is 4.31. The molecule has 76 valence electrons. The predicted octanol–water partition coefficient (Wildman–Crippen LogP) is 4.14. The van der Waals surface area contributed by atoms with E-state index in [9.17, 15) is 0 Å². The third-order valence-electron chi connectivity index (χ3n) is 2.73. The lowest BCUT2D eigenvalue weighted by atomic mass is 10.00. The van der Waals surface area contributed by atoms with E-state index in [-0.39, 0.29) is 0 Å². The fourth-order valence-corrected chi connectivity index (χ4v) is 1.79. The highest BCUT2D eigenvalue weighted by Gasteiger charge is 2.02. The van der Waals surface area contributed by atoms with Gasteiger partial charge in [-0.15, -0.1) is 0 Å². The zero-order chi connectivity index (χ0) is 10.7. The van der Waals surface area contributed by atoms with Crippen molar-refractivity contribution in [3.05, 3.63) is 65.8 Å². The quantitative estimate of drug-likeness (QED) is 0.633. The molecule has 0 amide bonds. The van der Waals surface area contributed by atoms with Gasteiger partial charge in [-0.25, -0.2) is 0 Å². The number of allylic oxidation sites excluding steroid dienone is 6. The van der Waals surface area contributed by atoms with Crippen molar-refractivity contribution in [1.82, 2.24) is 0 Å². The lowest BCUT2D eigenvalue weighted by molar-refractivity contribution is 0.943. The Hall–Kier alpha value is -1.56. The molecule has 0 aliphatic heterocycles. The first kappa shape index (κ1) is 9.97. The van der Waals surface area contributed by atoms with Crippen LogP contribution in [0.25, 0.3) is 5.57 Å². The maximum absolute atomic E-state index is 2.24. The smallest absolute Gasteiger partial charge is 0.00754 e. The lowest BCUT2D eigenvalue weighted by Crippen LogP contribution is -1.85. The van der Waals surface area contributed by atoms with E-state index in [0.717, 1.165) is 0 Å². The van der Waals surface area contributed by atoms with Crippen molar-refractivity contribution < 1.29 is 0 Å². The Morgan fingerprint density at radius 3 is 2.67 bits per heavy atom. The van der Waals surface area contributed by atoms with Crippen LogP contribution in [0.4, 0.5) is 0 Å². The average molecular weight is 196 g/mol. The Balaban J connectivity index is 2.40. The highest BCUT2D eigenvalue weighted by molar-refractivity contribution is 5.77. The second-order valence-electron chi connectivity index (χ2n) is 4.04. The van der Waals surface area contributed by atoms with Gasteiger partial charge < -0.3 is 0 Å². The van der Waals surface area contributed by atoms with Crippen molar-refractivity contribution in [1.29, 1.82) is 0 Å². The summed E-state index contributed by atoms with van der Waals surface area (Å²) in [6.07, 6.45) is 11.0. The van der Waals surface area contributed by atoms with Gasteiger partial charge in [0, 0.05) is 0 Å². The van der Waals surface area contributed by atoms with Crippen molar-refractivity contribution in [2.45, 2.75) is 13.8 Å². The number of benzene rings is 1. The van der Waals surface area contributed by atoms with Crippen molar-refractivity contribution >= 4 is 5.57 Å². The minimum absolute atomic E-state index is 0.530. The average Bonchev–Trinajstić information content (AvgIpc) is 2.44. The number of rotatable bonds is 1. The summed E-state index contributed by atoms with van der Waals surface area (Å²) in [6.45, 7) is 4.35. The molecule has 1 aromatic rings. The molecule has 1 atom stereocenters. The molecule has 0 saturated carbocycles. The summed E-state index contributed by atoms with van der Waals surface area (Å²) in [5, 5.41) is 0. The van der Waals surface area contributed by atoms with Crippen molar-refractivity contribution in [2.24, 2.45) is 5.92 Å². The predicted molar refractivity (Wildman–Crippen MR) is 66.6 cm³/mol. The molecule has 0 N–H and O–H groups in total. The molecule has 0 fully saturated rings. The van der Waals surface area contributed by atoms with E-state index in [0.29, 0.717) is 5.92 Å². The van der Waals surface area contributed by atoms with Crippen LogP contribution in [0.15, 0.2) is 54.6 Å². The molecule has 0 bridgehead atoms. The SMILES string of the molecule is Cc1ccccc1C1=CC=CC(C)C=C1. The van der Waals surface area contributed by atoms with Crippen LogP contribution in [0.2, 0.25) is 0 Å². The van der Waals surface area contributed by atoms with Crippen LogP contribution >= 0.6 is 0 Å². The molecular formula is C15H16. The molecule has 0 heterocycles. The van der Waals surface area contributed by atoms with E-state index < -0.39 is 0 Å². The first-order valence-corrected chi connectivity index (χ1v) is 5.40. The Morgan fingerprint density at radius 1 is 1.07 bits per heavy atom. The standard InChI is InChI=1S/C15H16/c1-12-6-5-8-14(11-10-12)15-9-4-3-7-13(15)2/h3-12H,1-2H3. The molecule has 0 nitrogen and oxygen atoms in total. The third-order valence-corrected chi connectivity index (χ3v) is 2.73. The summed E-state index contributed by atoms with van der Waals surface area (Å²) in [5.41, 5.74) is 3.96. The van der Waals surface area contributed by atoms with E-state index in [1.165, 1.54) is 16.7 Å². The van der Waals surface area contributed by atoms with Gasteiger partial charge in [0.05, 0.1) is 0 Å². The van der Waals surface area contributed by atoms with Gasteiger partial charge in [0.15, 0.2) is 0 Å². The third kappa shape index (κ3) is 2.27. The van der Waals surface area contributed by atoms with Crippen molar-refractivity contribution in [3.8, 4) is 0 Å². The molecule has 1 aliphatic carbocycles. The Bertz CT molecular complexity index is 433. The second-order valence-corrected chi connectivity index (χ2v) is 4.04. The monoisotopic (exact) mass is 196 g/mol. The first-order chi connectivity index (χ1) is 7.27. The fraction of sp³-hybridized carbons (Fsp3) is 0.200. The van der Waals surface area contributed by atoms with Crippen molar-refractivity contribution in [2.75, 3.05) is 0 Å². The zero-order valence-corrected chi connectivity index (χ0v) is 9.27. The van der Waals surface area contributed by atoms with E-state index in [1.54, 1.807) is 0 Å². The Kier molecular flexibility index (Phi) is 2.86. The summed E-state index contributed by atoms with van der Waals surface area (Å²) in [5.74, 6) is 0.530. The van der Waals surface area contributed by atoms with E-state index >= 15 is 0 Å². The number of hydrogen-bond acceptors (Lipinski definition) is 0. The lowest BCUT2D eigenvalue weighted by Gasteiger charge is -2.05. The zero-order valence-electron chi connectivity index (χ0n) is 9.27. The van der Waals surface area contributed by atoms with Gasteiger partial charge in [-0.2, -0.15) is 0 Å². The van der Waals surface area contributed by atoms with E-state index in [2.05, 4.69) is 68.5 Å². The minimum atomic E-state index is 0.530. The highest BCUT2D eigenvalue weighted by Crippen LogP contribution is 2.22. The van der Waals surface area contributed by atoms with Crippen molar-refractivity contribution in [3.63, 3.8) is 0 Å². The minimum Gasteiger partial charge on any atom is -0.0779 e. The van der Waals surface area contributed by atoms with Crippen LogP contribution < -0.4 is 0 Å². The van der Waals surface area contributed by atoms with E-state index in [4.69, 9.17) is 0 Å². The maximum atomic E-state index is 2.24. The van der Waals surface area contributed by atoms with Crippen LogP contribution in [-0.2, 0) is 0 Å². The topological polar surface area (TPSA) is 0 Å². The summed E-state index contributed by atoms with van der Waals surface area (Å²) < 4.78 is 0.